The van der Waals surface area contributed by atoms with E-state index >= 15 is 0 Å². The topological polar surface area (TPSA) is 216 Å². The van der Waals surface area contributed by atoms with Gasteiger partial charge in [-0.3, -0.25) is 32.7 Å². The number of anilines is 1. The van der Waals surface area contributed by atoms with E-state index in [1.54, 1.807) is 38.1 Å². The van der Waals surface area contributed by atoms with Gasteiger partial charge in [-0.15, -0.1) is 0 Å². The summed E-state index contributed by atoms with van der Waals surface area (Å²) < 4.78 is 43.3. The number of phosphoric acid groups is 1. The van der Waals surface area contributed by atoms with Crippen molar-refractivity contribution in [3.8, 4) is 0 Å². The van der Waals surface area contributed by atoms with Crippen molar-refractivity contribution in [2.75, 3.05) is 18.9 Å². The van der Waals surface area contributed by atoms with Crippen LogP contribution in [0.1, 0.15) is 45.1 Å². The number of carbonyl (C=O) groups excluding carboxylic acids is 1. The van der Waals surface area contributed by atoms with Crippen molar-refractivity contribution in [3.63, 3.8) is 0 Å². The van der Waals surface area contributed by atoms with Gasteiger partial charge in [0.1, 0.15) is 17.7 Å². The molecule has 0 bridgehead atoms. The molecule has 2 fully saturated rings. The number of rotatable bonds is 8. The highest BCUT2D eigenvalue weighted by molar-refractivity contribution is 7.48. The van der Waals surface area contributed by atoms with Gasteiger partial charge in [-0.05, 0) is 30.5 Å². The predicted molar refractivity (Wildman–Crippen MR) is 149 cm³/mol. The third kappa shape index (κ3) is 5.96. The molecule has 1 aromatic carbocycles. The number of aliphatic hydroxyl groups is 1. The van der Waals surface area contributed by atoms with Crippen LogP contribution in [0, 0.1) is 5.92 Å². The fourth-order valence-electron chi connectivity index (χ4n) is 4.83. The van der Waals surface area contributed by atoms with Gasteiger partial charge in [0.15, 0.2) is 23.5 Å². The zero-order valence-corrected chi connectivity index (χ0v) is 24.7. The van der Waals surface area contributed by atoms with E-state index in [9.17, 15) is 19.3 Å². The van der Waals surface area contributed by atoms with Gasteiger partial charge in [0.25, 0.3) is 5.56 Å². The molecule has 3 aromatic rings. The van der Waals surface area contributed by atoms with Crippen LogP contribution in [-0.2, 0) is 32.4 Å². The third-order valence-corrected chi connectivity index (χ3v) is 8.87. The summed E-state index contributed by atoms with van der Waals surface area (Å²) in [5.41, 5.74) is 9.84. The van der Waals surface area contributed by atoms with Gasteiger partial charge in [0, 0.05) is 11.4 Å². The van der Waals surface area contributed by atoms with Crippen LogP contribution in [0.3, 0.4) is 0 Å². The fraction of sp³-hybridized carbons (Fsp3) is 0.520. The average Bonchev–Trinajstić information content (AvgIpc) is 3.45. The van der Waals surface area contributed by atoms with E-state index in [1.807, 2.05) is 0 Å². The summed E-state index contributed by atoms with van der Waals surface area (Å²) in [4.78, 5) is 35.8. The highest BCUT2D eigenvalue weighted by Gasteiger charge is 2.57. The lowest BCUT2D eigenvalue weighted by Gasteiger charge is -2.32. The largest absolute Gasteiger partial charge is 0.475 e. The number of aromatic amines is 1. The molecule has 42 heavy (non-hydrogen) atoms. The van der Waals surface area contributed by atoms with Gasteiger partial charge in [0.2, 0.25) is 5.95 Å². The Kier molecular flexibility index (Phi) is 8.49. The minimum atomic E-state index is -4.14. The standard InChI is InChI=1S/C25H32ClN6O9P/c1-12(2)17(27)22(34)40-19-16(10-38-42(36)37-8-7-15(41-42)13-5-4-6-14(26)9-13)39-23(25(19,3)35)32-11-29-18-20(32)30-24(28)31-21(18)33/h4-6,9,11-12,15-17,19,23,35H,7-8,10,27H2,1-3H3,(H3,28,30,31,33). The average molecular weight is 627 g/mol. The molecule has 4 heterocycles. The molecule has 17 heteroatoms. The molecule has 0 saturated carbocycles. The number of ether oxygens (including phenoxy) is 2. The van der Waals surface area contributed by atoms with Crippen molar-refractivity contribution in [3.05, 3.63) is 51.5 Å². The molecule has 0 aliphatic carbocycles. The molecule has 6 N–H and O–H groups in total. The Balaban J connectivity index is 1.42. The molecule has 15 nitrogen and oxygen atoms in total. The first-order valence-electron chi connectivity index (χ1n) is 13.2. The molecule has 0 radical (unpaired) electrons. The van der Waals surface area contributed by atoms with Crippen LogP contribution in [0.15, 0.2) is 35.4 Å². The van der Waals surface area contributed by atoms with Gasteiger partial charge in [0.05, 0.1) is 25.6 Å². The summed E-state index contributed by atoms with van der Waals surface area (Å²) in [7, 11) is -4.14. The first kappa shape index (κ1) is 30.6. The zero-order chi connectivity index (χ0) is 30.4. The molecule has 5 rings (SSSR count). The van der Waals surface area contributed by atoms with E-state index in [1.165, 1.54) is 17.8 Å². The number of H-pyrrole nitrogens is 1. The van der Waals surface area contributed by atoms with Crippen LogP contribution < -0.4 is 17.0 Å². The van der Waals surface area contributed by atoms with Gasteiger partial charge < -0.3 is 26.0 Å². The number of nitrogens with two attached hydrogens (primary N) is 2. The quantitative estimate of drug-likeness (QED) is 0.208. The van der Waals surface area contributed by atoms with Crippen LogP contribution in [0.5, 0.6) is 0 Å². The van der Waals surface area contributed by atoms with Crippen molar-refractivity contribution < 1.29 is 37.5 Å². The van der Waals surface area contributed by atoms with Crippen LogP contribution >= 0.6 is 19.4 Å². The van der Waals surface area contributed by atoms with Gasteiger partial charge >= 0.3 is 13.8 Å². The number of hydrogen-bond donors (Lipinski definition) is 4. The maximum absolute atomic E-state index is 13.5. The van der Waals surface area contributed by atoms with Crippen LogP contribution in [0.2, 0.25) is 5.02 Å². The van der Waals surface area contributed by atoms with Gasteiger partial charge in [-0.1, -0.05) is 37.6 Å². The zero-order valence-electron chi connectivity index (χ0n) is 23.0. The van der Waals surface area contributed by atoms with Gasteiger partial charge in [-0.25, -0.2) is 9.55 Å². The lowest BCUT2D eigenvalue weighted by Crippen LogP contribution is -2.50. The second-order valence-corrected chi connectivity index (χ2v) is 12.7. The number of nitrogens with zero attached hydrogens (tertiary/aromatic N) is 3. The Hall–Kier alpha value is -2.88. The number of nitrogens with one attached hydrogen (secondary N) is 1. The van der Waals surface area contributed by atoms with Crippen LogP contribution in [0.25, 0.3) is 11.2 Å². The monoisotopic (exact) mass is 626 g/mol. The number of carbonyl (C=O) groups is 1. The fourth-order valence-corrected chi connectivity index (χ4v) is 6.42. The molecule has 228 valence electrons. The molecule has 7 unspecified atom stereocenters. The van der Waals surface area contributed by atoms with Crippen molar-refractivity contribution in [1.29, 1.82) is 0 Å². The number of hydrogen-bond acceptors (Lipinski definition) is 13. The van der Waals surface area contributed by atoms with E-state index in [4.69, 9.17) is 46.1 Å². The molecule has 2 aliphatic rings. The Morgan fingerprint density at radius 1 is 1.40 bits per heavy atom. The number of fused-ring (bicyclic) bond motifs is 1. The Morgan fingerprint density at radius 3 is 2.88 bits per heavy atom. The minimum absolute atomic E-state index is 0.0168. The minimum Gasteiger partial charge on any atom is -0.455 e. The Labute approximate surface area is 245 Å². The highest BCUT2D eigenvalue weighted by atomic mass is 35.5. The van der Waals surface area contributed by atoms with Gasteiger partial charge in [-0.2, -0.15) is 4.98 Å². The molecule has 2 saturated heterocycles. The maximum Gasteiger partial charge on any atom is 0.475 e. The summed E-state index contributed by atoms with van der Waals surface area (Å²) in [6.07, 6.45) is -2.86. The highest BCUT2D eigenvalue weighted by Crippen LogP contribution is 2.57. The molecule has 0 spiro atoms. The normalized spacial score (nSPS) is 30.5. The molecule has 2 aromatic heterocycles. The lowest BCUT2D eigenvalue weighted by atomic mass is 9.95. The summed E-state index contributed by atoms with van der Waals surface area (Å²) in [5, 5.41) is 12.2. The number of phosphoric ester groups is 1. The first-order chi connectivity index (χ1) is 19.8. The lowest BCUT2D eigenvalue weighted by molar-refractivity contribution is -0.166. The molecular formula is C25H32ClN6O9P. The number of aromatic nitrogens is 4. The summed E-state index contributed by atoms with van der Waals surface area (Å²) in [6, 6.07) is 5.92. The van der Waals surface area contributed by atoms with Crippen molar-refractivity contribution >= 4 is 42.5 Å². The van der Waals surface area contributed by atoms with Crippen molar-refractivity contribution in [2.24, 2.45) is 11.7 Å². The Morgan fingerprint density at radius 2 is 2.17 bits per heavy atom. The number of esters is 1. The van der Waals surface area contributed by atoms with Crippen molar-refractivity contribution in [1.82, 2.24) is 19.5 Å². The number of imidazole rings is 1. The van der Waals surface area contributed by atoms with Crippen LogP contribution in [-0.4, -0.2) is 67.7 Å². The number of halogens is 1. The summed E-state index contributed by atoms with van der Waals surface area (Å²) in [6.45, 7) is 4.44. The summed E-state index contributed by atoms with van der Waals surface area (Å²) >= 11 is 6.10. The SMILES string of the molecule is CC(C)C(N)C(=O)OC1C(COP2(=O)OCCC(c3cccc(Cl)c3)O2)OC(n2cnc3c(=O)[nH]c(N)nc32)C1(C)O. The number of benzene rings is 1. The smallest absolute Gasteiger partial charge is 0.455 e. The molecule has 7 atom stereocenters. The van der Waals surface area contributed by atoms with Crippen molar-refractivity contribution in [2.45, 2.75) is 63.4 Å². The Bertz CT molecular complexity index is 1580. The number of nitrogen functional groups attached to an aromatic ring is 1. The van der Waals surface area contributed by atoms with E-state index in [2.05, 4.69) is 15.0 Å². The third-order valence-electron chi connectivity index (χ3n) is 7.16. The first-order valence-corrected chi connectivity index (χ1v) is 15.0. The maximum atomic E-state index is 13.5. The van der Waals surface area contributed by atoms with E-state index < -0.39 is 62.1 Å². The summed E-state index contributed by atoms with van der Waals surface area (Å²) in [5.74, 6) is -1.25. The van der Waals surface area contributed by atoms with Crippen LogP contribution in [0.4, 0.5) is 5.95 Å². The molecule has 0 amide bonds. The molecule has 2 aliphatic heterocycles. The van der Waals surface area contributed by atoms with E-state index in [-0.39, 0.29) is 29.6 Å². The molecular weight excluding hydrogens is 595 g/mol. The second-order valence-electron chi connectivity index (χ2n) is 10.7. The second kappa shape index (κ2) is 11.7. The van der Waals surface area contributed by atoms with E-state index in [0.29, 0.717) is 17.0 Å². The predicted octanol–water partition coefficient (Wildman–Crippen LogP) is 2.20. The van der Waals surface area contributed by atoms with E-state index in [0.717, 1.165) is 0 Å².